The second kappa shape index (κ2) is 7.04. The van der Waals surface area contributed by atoms with Crippen LogP contribution >= 0.6 is 0 Å². The van der Waals surface area contributed by atoms with E-state index in [2.05, 4.69) is 10.0 Å². The van der Waals surface area contributed by atoms with Crippen LogP contribution in [0.2, 0.25) is 0 Å². The third kappa shape index (κ3) is 4.61. The van der Waals surface area contributed by atoms with Crippen LogP contribution in [0.1, 0.15) is 25.4 Å². The fourth-order valence-corrected chi connectivity index (χ4v) is 2.83. The highest BCUT2D eigenvalue weighted by Crippen LogP contribution is 2.19. The molecule has 0 amide bonds. The molecule has 0 aliphatic carbocycles. The average molecular weight is 290 g/mol. The minimum atomic E-state index is -3.55. The SMILES string of the molecule is CCNCc1cc(S(=O)(=O)NCC(C)OC)c(C)o1. The van der Waals surface area contributed by atoms with Crippen molar-refractivity contribution in [2.24, 2.45) is 0 Å². The summed E-state index contributed by atoms with van der Waals surface area (Å²) >= 11 is 0. The molecule has 1 heterocycles. The van der Waals surface area contributed by atoms with Gasteiger partial charge in [-0.25, -0.2) is 13.1 Å². The molecule has 0 aliphatic rings. The minimum Gasteiger partial charge on any atom is -0.464 e. The number of rotatable bonds is 8. The Morgan fingerprint density at radius 2 is 2.16 bits per heavy atom. The topological polar surface area (TPSA) is 80.6 Å². The van der Waals surface area contributed by atoms with Crippen LogP contribution < -0.4 is 10.0 Å². The highest BCUT2D eigenvalue weighted by Gasteiger charge is 2.21. The summed E-state index contributed by atoms with van der Waals surface area (Å²) in [5, 5.41) is 3.09. The van der Waals surface area contributed by atoms with Crippen molar-refractivity contribution in [1.29, 1.82) is 0 Å². The van der Waals surface area contributed by atoms with Crippen molar-refractivity contribution in [3.63, 3.8) is 0 Å². The number of hydrogen-bond acceptors (Lipinski definition) is 5. The van der Waals surface area contributed by atoms with Crippen molar-refractivity contribution in [2.45, 2.75) is 38.3 Å². The van der Waals surface area contributed by atoms with Crippen LogP contribution in [0.4, 0.5) is 0 Å². The lowest BCUT2D eigenvalue weighted by Gasteiger charge is -2.10. The van der Waals surface area contributed by atoms with E-state index < -0.39 is 10.0 Å². The van der Waals surface area contributed by atoms with Gasteiger partial charge in [0.25, 0.3) is 0 Å². The molecule has 0 saturated carbocycles. The fourth-order valence-electron chi connectivity index (χ4n) is 1.51. The van der Waals surface area contributed by atoms with E-state index in [-0.39, 0.29) is 17.5 Å². The molecule has 6 nitrogen and oxygen atoms in total. The molecule has 1 rings (SSSR count). The molecule has 0 radical (unpaired) electrons. The maximum Gasteiger partial charge on any atom is 0.244 e. The van der Waals surface area contributed by atoms with Crippen molar-refractivity contribution in [3.8, 4) is 0 Å². The van der Waals surface area contributed by atoms with Gasteiger partial charge in [-0.15, -0.1) is 0 Å². The monoisotopic (exact) mass is 290 g/mol. The van der Waals surface area contributed by atoms with E-state index >= 15 is 0 Å². The number of ether oxygens (including phenoxy) is 1. The van der Waals surface area contributed by atoms with E-state index in [1.165, 1.54) is 7.11 Å². The molecule has 110 valence electrons. The molecule has 0 spiro atoms. The fraction of sp³-hybridized carbons (Fsp3) is 0.667. The van der Waals surface area contributed by atoms with E-state index in [0.717, 1.165) is 6.54 Å². The second-order valence-electron chi connectivity index (χ2n) is 4.31. The molecule has 19 heavy (non-hydrogen) atoms. The lowest BCUT2D eigenvalue weighted by atomic mass is 10.4. The molecule has 1 aromatic heterocycles. The average Bonchev–Trinajstić information content (AvgIpc) is 2.75. The van der Waals surface area contributed by atoms with Crippen LogP contribution in [0.3, 0.4) is 0 Å². The predicted octanol–water partition coefficient (Wildman–Crippen LogP) is 1.01. The zero-order valence-electron chi connectivity index (χ0n) is 11.8. The van der Waals surface area contributed by atoms with Crippen molar-refractivity contribution < 1.29 is 17.6 Å². The van der Waals surface area contributed by atoms with Crippen molar-refractivity contribution in [2.75, 3.05) is 20.2 Å². The van der Waals surface area contributed by atoms with Crippen molar-refractivity contribution >= 4 is 10.0 Å². The first-order chi connectivity index (χ1) is 8.90. The summed E-state index contributed by atoms with van der Waals surface area (Å²) < 4.78 is 37.2. The number of aryl methyl sites for hydroxylation is 1. The van der Waals surface area contributed by atoms with Gasteiger partial charge in [0, 0.05) is 19.7 Å². The Labute approximate surface area is 114 Å². The van der Waals surface area contributed by atoms with Crippen LogP contribution in [0.25, 0.3) is 0 Å². The summed E-state index contributed by atoms with van der Waals surface area (Å²) in [7, 11) is -2.01. The normalized spacial score (nSPS) is 13.7. The Hall–Kier alpha value is -0.890. The molecule has 0 fully saturated rings. The largest absolute Gasteiger partial charge is 0.464 e. The Morgan fingerprint density at radius 3 is 2.74 bits per heavy atom. The maximum absolute atomic E-state index is 12.1. The van der Waals surface area contributed by atoms with Gasteiger partial charge in [-0.05, 0) is 20.4 Å². The molecule has 0 bridgehead atoms. The molecule has 2 N–H and O–H groups in total. The van der Waals surface area contributed by atoms with Crippen molar-refractivity contribution in [1.82, 2.24) is 10.0 Å². The molecule has 0 aliphatic heterocycles. The van der Waals surface area contributed by atoms with Crippen LogP contribution in [0, 0.1) is 6.92 Å². The van der Waals surface area contributed by atoms with E-state index in [0.29, 0.717) is 18.1 Å². The van der Waals surface area contributed by atoms with Gasteiger partial charge in [0.15, 0.2) is 0 Å². The molecule has 0 aromatic carbocycles. The van der Waals surface area contributed by atoms with Gasteiger partial charge in [0.1, 0.15) is 16.4 Å². The van der Waals surface area contributed by atoms with E-state index in [1.807, 2.05) is 6.92 Å². The van der Waals surface area contributed by atoms with Gasteiger partial charge in [0.2, 0.25) is 10.0 Å². The summed E-state index contributed by atoms with van der Waals surface area (Å²) in [6.07, 6.45) is -0.178. The van der Waals surface area contributed by atoms with Crippen LogP contribution in [-0.4, -0.2) is 34.7 Å². The van der Waals surface area contributed by atoms with Gasteiger partial charge in [-0.3, -0.25) is 0 Å². The molecule has 1 aromatic rings. The first-order valence-corrected chi connectivity index (χ1v) is 7.71. The van der Waals surface area contributed by atoms with E-state index in [1.54, 1.807) is 19.9 Å². The number of nitrogens with one attached hydrogen (secondary N) is 2. The predicted molar refractivity (Wildman–Crippen MR) is 72.5 cm³/mol. The number of sulfonamides is 1. The highest BCUT2D eigenvalue weighted by molar-refractivity contribution is 7.89. The maximum atomic E-state index is 12.1. The number of furan rings is 1. The van der Waals surface area contributed by atoms with Crippen molar-refractivity contribution in [3.05, 3.63) is 17.6 Å². The Bertz CT molecular complexity index is 496. The van der Waals surface area contributed by atoms with Gasteiger partial charge in [-0.2, -0.15) is 0 Å². The smallest absolute Gasteiger partial charge is 0.244 e. The molecular formula is C12H22N2O4S. The Morgan fingerprint density at radius 1 is 1.47 bits per heavy atom. The van der Waals surface area contributed by atoms with Crippen LogP contribution in [-0.2, 0) is 21.3 Å². The molecular weight excluding hydrogens is 268 g/mol. The van der Waals surface area contributed by atoms with Crippen LogP contribution in [0.15, 0.2) is 15.4 Å². The lowest BCUT2D eigenvalue weighted by molar-refractivity contribution is 0.122. The molecule has 1 atom stereocenters. The number of hydrogen-bond donors (Lipinski definition) is 2. The molecule has 0 saturated heterocycles. The first-order valence-electron chi connectivity index (χ1n) is 6.23. The molecule has 1 unspecified atom stereocenters. The number of methoxy groups -OCH3 is 1. The zero-order chi connectivity index (χ0) is 14.5. The Kier molecular flexibility index (Phi) is 5.99. The van der Waals surface area contributed by atoms with Gasteiger partial charge < -0.3 is 14.5 Å². The summed E-state index contributed by atoms with van der Waals surface area (Å²) in [6.45, 7) is 6.95. The summed E-state index contributed by atoms with van der Waals surface area (Å²) in [4.78, 5) is 0.184. The summed E-state index contributed by atoms with van der Waals surface area (Å²) in [5.74, 6) is 1.00. The summed E-state index contributed by atoms with van der Waals surface area (Å²) in [6, 6.07) is 1.55. The molecule has 7 heteroatoms. The zero-order valence-corrected chi connectivity index (χ0v) is 12.6. The van der Waals surface area contributed by atoms with Gasteiger partial charge in [-0.1, -0.05) is 6.92 Å². The summed E-state index contributed by atoms with van der Waals surface area (Å²) in [5.41, 5.74) is 0. The minimum absolute atomic E-state index is 0.178. The quantitative estimate of drug-likeness (QED) is 0.747. The highest BCUT2D eigenvalue weighted by atomic mass is 32.2. The lowest BCUT2D eigenvalue weighted by Crippen LogP contribution is -2.31. The standard InChI is InChI=1S/C12H22N2O4S/c1-5-13-8-11-6-12(10(3)18-11)19(15,16)14-7-9(2)17-4/h6,9,13-14H,5,7-8H2,1-4H3. The van der Waals surface area contributed by atoms with E-state index in [9.17, 15) is 8.42 Å². The Balaban J connectivity index is 2.80. The van der Waals surface area contributed by atoms with Gasteiger partial charge in [0.05, 0.1) is 12.6 Å². The third-order valence-electron chi connectivity index (χ3n) is 2.73. The van der Waals surface area contributed by atoms with Gasteiger partial charge >= 0.3 is 0 Å². The van der Waals surface area contributed by atoms with Crippen LogP contribution in [0.5, 0.6) is 0 Å². The second-order valence-corrected chi connectivity index (χ2v) is 6.05. The first kappa shape index (κ1) is 16.2. The third-order valence-corrected chi connectivity index (χ3v) is 4.26. The van der Waals surface area contributed by atoms with E-state index in [4.69, 9.17) is 9.15 Å².